The molecule has 0 aliphatic rings. The zero-order valence-electron chi connectivity index (χ0n) is 9.55. The van der Waals surface area contributed by atoms with Gasteiger partial charge in [-0.1, -0.05) is 6.07 Å². The van der Waals surface area contributed by atoms with Gasteiger partial charge in [0.15, 0.2) is 0 Å². The average molecular weight is 256 g/mol. The van der Waals surface area contributed by atoms with Crippen molar-refractivity contribution < 1.29 is 0 Å². The van der Waals surface area contributed by atoms with Crippen LogP contribution in [0, 0.1) is 0 Å². The van der Waals surface area contributed by atoms with Gasteiger partial charge >= 0.3 is 0 Å². The molecule has 3 aromatic rings. The molecule has 18 heavy (non-hydrogen) atoms. The highest BCUT2D eigenvalue weighted by Gasteiger charge is 2.00. The minimum absolute atomic E-state index is 0.636. The molecule has 0 saturated heterocycles. The summed E-state index contributed by atoms with van der Waals surface area (Å²) < 4.78 is 1.28. The molecule has 3 rings (SSSR count). The number of pyridine rings is 1. The Morgan fingerprint density at radius 2 is 1.94 bits per heavy atom. The van der Waals surface area contributed by atoms with E-state index in [1.807, 2.05) is 24.3 Å². The summed E-state index contributed by atoms with van der Waals surface area (Å²) in [6.45, 7) is 0. The second-order valence-corrected chi connectivity index (χ2v) is 4.80. The van der Waals surface area contributed by atoms with Gasteiger partial charge < -0.3 is 10.7 Å². The first-order chi connectivity index (χ1) is 8.85. The van der Waals surface area contributed by atoms with Crippen molar-refractivity contribution in [3.8, 4) is 0 Å². The topological polar surface area (TPSA) is 63.0 Å². The standard InChI is InChI=1S/C13H12N4S/c14-17-13-3-1-2-12(16-13)15-10-4-5-11-9(8-10)6-7-18-11/h1-8H,14H2,(H2,15,16,17). The summed E-state index contributed by atoms with van der Waals surface area (Å²) in [5.74, 6) is 6.73. The highest BCUT2D eigenvalue weighted by atomic mass is 32.1. The second-order valence-electron chi connectivity index (χ2n) is 3.85. The molecule has 0 unspecified atom stereocenters. The van der Waals surface area contributed by atoms with Gasteiger partial charge in [0.1, 0.15) is 11.6 Å². The number of hydrogen-bond donors (Lipinski definition) is 3. The number of thiophene rings is 1. The number of benzene rings is 1. The minimum Gasteiger partial charge on any atom is -0.340 e. The van der Waals surface area contributed by atoms with Crippen LogP contribution in [0.1, 0.15) is 0 Å². The van der Waals surface area contributed by atoms with E-state index in [1.165, 1.54) is 10.1 Å². The highest BCUT2D eigenvalue weighted by Crippen LogP contribution is 2.25. The maximum absolute atomic E-state index is 5.33. The van der Waals surface area contributed by atoms with Crippen molar-refractivity contribution >= 4 is 38.7 Å². The monoisotopic (exact) mass is 256 g/mol. The summed E-state index contributed by atoms with van der Waals surface area (Å²) in [4.78, 5) is 4.31. The molecule has 0 bridgehead atoms. The van der Waals surface area contributed by atoms with Gasteiger partial charge in [-0.05, 0) is 47.2 Å². The normalized spacial score (nSPS) is 10.5. The Balaban J connectivity index is 1.90. The van der Waals surface area contributed by atoms with E-state index in [2.05, 4.69) is 39.3 Å². The van der Waals surface area contributed by atoms with Crippen molar-refractivity contribution in [2.75, 3.05) is 10.7 Å². The van der Waals surface area contributed by atoms with Crippen LogP contribution in [0.25, 0.3) is 10.1 Å². The van der Waals surface area contributed by atoms with Crippen LogP contribution in [0.15, 0.2) is 47.8 Å². The molecule has 0 fully saturated rings. The number of fused-ring (bicyclic) bond motifs is 1. The number of hydrogen-bond acceptors (Lipinski definition) is 5. The van der Waals surface area contributed by atoms with E-state index in [1.54, 1.807) is 11.3 Å². The molecule has 4 nitrogen and oxygen atoms in total. The maximum Gasteiger partial charge on any atom is 0.142 e. The third-order valence-corrected chi connectivity index (χ3v) is 3.52. The molecule has 0 aliphatic carbocycles. The lowest BCUT2D eigenvalue weighted by Crippen LogP contribution is -2.08. The first kappa shape index (κ1) is 11.0. The minimum atomic E-state index is 0.636. The van der Waals surface area contributed by atoms with E-state index in [0.717, 1.165) is 11.5 Å². The molecule has 0 aliphatic heterocycles. The molecule has 5 heteroatoms. The lowest BCUT2D eigenvalue weighted by molar-refractivity contribution is 1.22. The van der Waals surface area contributed by atoms with Gasteiger partial charge in [0.05, 0.1) is 0 Å². The van der Waals surface area contributed by atoms with Crippen molar-refractivity contribution in [3.63, 3.8) is 0 Å². The predicted molar refractivity (Wildman–Crippen MR) is 77.2 cm³/mol. The molecular weight excluding hydrogens is 244 g/mol. The molecule has 2 aromatic heterocycles. The Morgan fingerprint density at radius 1 is 1.06 bits per heavy atom. The number of aromatic nitrogens is 1. The molecule has 0 radical (unpaired) electrons. The number of hydrazine groups is 1. The van der Waals surface area contributed by atoms with Crippen LogP contribution >= 0.6 is 11.3 Å². The van der Waals surface area contributed by atoms with E-state index in [-0.39, 0.29) is 0 Å². The van der Waals surface area contributed by atoms with Gasteiger partial charge in [-0.3, -0.25) is 0 Å². The van der Waals surface area contributed by atoms with E-state index in [4.69, 9.17) is 5.84 Å². The van der Waals surface area contributed by atoms with Crippen molar-refractivity contribution in [2.45, 2.75) is 0 Å². The third-order valence-electron chi connectivity index (χ3n) is 2.62. The van der Waals surface area contributed by atoms with Crippen LogP contribution in [0.3, 0.4) is 0 Å². The third kappa shape index (κ3) is 2.13. The Morgan fingerprint density at radius 3 is 2.83 bits per heavy atom. The van der Waals surface area contributed by atoms with Gasteiger partial charge in [0, 0.05) is 10.4 Å². The lowest BCUT2D eigenvalue weighted by atomic mass is 10.2. The molecule has 0 atom stereocenters. The van der Waals surface area contributed by atoms with Crippen LogP contribution in [0.5, 0.6) is 0 Å². The van der Waals surface area contributed by atoms with Crippen LogP contribution < -0.4 is 16.6 Å². The second kappa shape index (κ2) is 4.64. The van der Waals surface area contributed by atoms with Gasteiger partial charge in [-0.25, -0.2) is 10.8 Å². The average Bonchev–Trinajstić information content (AvgIpc) is 2.86. The largest absolute Gasteiger partial charge is 0.340 e. The van der Waals surface area contributed by atoms with Gasteiger partial charge in [0.25, 0.3) is 0 Å². The van der Waals surface area contributed by atoms with Crippen LogP contribution in [-0.4, -0.2) is 4.98 Å². The number of nitrogens with one attached hydrogen (secondary N) is 2. The molecule has 1 aromatic carbocycles. The summed E-state index contributed by atoms with van der Waals surface area (Å²) in [5.41, 5.74) is 3.55. The number of nitrogens with two attached hydrogens (primary N) is 1. The first-order valence-electron chi connectivity index (χ1n) is 5.53. The molecule has 2 heterocycles. The molecule has 4 N–H and O–H groups in total. The number of rotatable bonds is 3. The fourth-order valence-electron chi connectivity index (χ4n) is 1.78. The number of anilines is 3. The summed E-state index contributed by atoms with van der Waals surface area (Å²) >= 11 is 1.74. The molecular formula is C13H12N4S. The molecule has 0 amide bonds. The zero-order valence-corrected chi connectivity index (χ0v) is 10.4. The van der Waals surface area contributed by atoms with Gasteiger partial charge in [-0.15, -0.1) is 11.3 Å². The van der Waals surface area contributed by atoms with E-state index in [9.17, 15) is 0 Å². The van der Waals surface area contributed by atoms with Crippen LogP contribution in [-0.2, 0) is 0 Å². The summed E-state index contributed by atoms with van der Waals surface area (Å²) in [6.07, 6.45) is 0. The van der Waals surface area contributed by atoms with E-state index < -0.39 is 0 Å². The number of nitrogen functional groups attached to an aromatic ring is 1. The predicted octanol–water partition coefficient (Wildman–Crippen LogP) is 3.33. The molecule has 90 valence electrons. The SMILES string of the molecule is NNc1cccc(Nc2ccc3sccc3c2)n1. The fourth-order valence-corrected chi connectivity index (χ4v) is 2.55. The Kier molecular flexibility index (Phi) is 2.84. The fraction of sp³-hybridized carbons (Fsp3) is 0. The molecule has 0 saturated carbocycles. The Bertz CT molecular complexity index is 677. The van der Waals surface area contributed by atoms with Crippen molar-refractivity contribution in [2.24, 2.45) is 5.84 Å². The lowest BCUT2D eigenvalue weighted by Gasteiger charge is -2.07. The summed E-state index contributed by atoms with van der Waals surface area (Å²) in [5, 5.41) is 6.58. The molecule has 0 spiro atoms. The van der Waals surface area contributed by atoms with Crippen LogP contribution in [0.2, 0.25) is 0 Å². The van der Waals surface area contributed by atoms with E-state index in [0.29, 0.717) is 5.82 Å². The van der Waals surface area contributed by atoms with Crippen molar-refractivity contribution in [3.05, 3.63) is 47.8 Å². The first-order valence-corrected chi connectivity index (χ1v) is 6.41. The zero-order chi connectivity index (χ0) is 12.4. The van der Waals surface area contributed by atoms with Gasteiger partial charge in [-0.2, -0.15) is 0 Å². The quantitative estimate of drug-likeness (QED) is 0.497. The summed E-state index contributed by atoms with van der Waals surface area (Å²) in [6, 6.07) is 14.0. The van der Waals surface area contributed by atoms with Gasteiger partial charge in [0.2, 0.25) is 0 Å². The van der Waals surface area contributed by atoms with Crippen LogP contribution in [0.4, 0.5) is 17.3 Å². The summed E-state index contributed by atoms with van der Waals surface area (Å²) in [7, 11) is 0. The van der Waals surface area contributed by atoms with E-state index >= 15 is 0 Å². The smallest absolute Gasteiger partial charge is 0.142 e. The van der Waals surface area contributed by atoms with Crippen molar-refractivity contribution in [1.82, 2.24) is 4.98 Å². The Hall–Kier alpha value is -2.11. The number of nitrogens with zero attached hydrogens (tertiary/aromatic N) is 1. The van der Waals surface area contributed by atoms with Crippen molar-refractivity contribution in [1.29, 1.82) is 0 Å². The highest BCUT2D eigenvalue weighted by molar-refractivity contribution is 7.17. The maximum atomic E-state index is 5.33. The Labute approximate surface area is 108 Å².